The quantitative estimate of drug-likeness (QED) is 0.844. The number of sulfone groups is 1. The van der Waals surface area contributed by atoms with E-state index in [0.29, 0.717) is 5.82 Å². The summed E-state index contributed by atoms with van der Waals surface area (Å²) >= 11 is 0. The summed E-state index contributed by atoms with van der Waals surface area (Å²) in [5.41, 5.74) is 0. The van der Waals surface area contributed by atoms with Gasteiger partial charge in [-0.2, -0.15) is 0 Å². The summed E-state index contributed by atoms with van der Waals surface area (Å²) in [6.07, 6.45) is 1.66. The third-order valence-electron chi connectivity index (χ3n) is 3.14. The Balaban J connectivity index is 2.11. The van der Waals surface area contributed by atoms with Gasteiger partial charge < -0.3 is 4.90 Å². The van der Waals surface area contributed by atoms with Gasteiger partial charge in [-0.05, 0) is 13.3 Å². The Hall–Kier alpha value is -1.44. The number of nitrogens with zero attached hydrogens (tertiary/aromatic N) is 3. The minimum Gasteiger partial charge on any atom is -0.331 e. The van der Waals surface area contributed by atoms with Crippen molar-refractivity contribution in [1.82, 2.24) is 20.1 Å². The Morgan fingerprint density at radius 1 is 1.53 bits per heavy atom. The molecule has 0 spiro atoms. The molecule has 1 atom stereocenters. The molecule has 0 aliphatic carbocycles. The van der Waals surface area contributed by atoms with Crippen molar-refractivity contribution in [1.29, 1.82) is 0 Å². The number of aromatic nitrogens is 3. The Morgan fingerprint density at radius 3 is 2.89 bits per heavy atom. The molecule has 19 heavy (non-hydrogen) atoms. The van der Waals surface area contributed by atoms with E-state index in [0.717, 1.165) is 12.8 Å². The molecule has 1 aromatic rings. The van der Waals surface area contributed by atoms with Crippen LogP contribution >= 0.6 is 0 Å². The molecule has 1 aliphatic heterocycles. The van der Waals surface area contributed by atoms with Crippen LogP contribution in [0.15, 0.2) is 0 Å². The number of aromatic amines is 1. The van der Waals surface area contributed by atoms with Gasteiger partial charge in [0.2, 0.25) is 5.82 Å². The Bertz CT molecular complexity index is 566. The second-order valence-electron chi connectivity index (χ2n) is 4.82. The smallest absolute Gasteiger partial charge is 0.293 e. The summed E-state index contributed by atoms with van der Waals surface area (Å²) in [4.78, 5) is 17.9. The summed E-state index contributed by atoms with van der Waals surface area (Å²) in [6.45, 7) is 3.95. The van der Waals surface area contributed by atoms with E-state index >= 15 is 0 Å². The molecule has 1 N–H and O–H groups in total. The van der Waals surface area contributed by atoms with E-state index in [4.69, 9.17) is 0 Å². The van der Waals surface area contributed by atoms with E-state index in [1.165, 1.54) is 4.90 Å². The summed E-state index contributed by atoms with van der Waals surface area (Å²) in [5, 5.41) is 6.63. The largest absolute Gasteiger partial charge is 0.331 e. The van der Waals surface area contributed by atoms with Crippen LogP contribution in [0.2, 0.25) is 0 Å². The van der Waals surface area contributed by atoms with Crippen molar-refractivity contribution >= 4 is 15.7 Å². The molecule has 1 aromatic heterocycles. The number of nitrogens with one attached hydrogen (secondary N) is 1. The minimum absolute atomic E-state index is 0.00494. The van der Waals surface area contributed by atoms with Gasteiger partial charge in [-0.25, -0.2) is 13.4 Å². The molecule has 106 valence electrons. The zero-order valence-corrected chi connectivity index (χ0v) is 11.9. The lowest BCUT2D eigenvalue weighted by Gasteiger charge is -2.32. The molecule has 1 aliphatic rings. The fraction of sp³-hybridized carbons (Fsp3) is 0.727. The van der Waals surface area contributed by atoms with Gasteiger partial charge in [0, 0.05) is 19.0 Å². The number of carbonyl (C=O) groups excluding carboxylic acids is 1. The van der Waals surface area contributed by atoms with Gasteiger partial charge in [0.1, 0.15) is 5.82 Å². The molecule has 7 nitrogen and oxygen atoms in total. The molecule has 0 bridgehead atoms. The molecule has 2 rings (SSSR count). The number of carbonyl (C=O) groups is 1. The number of amides is 1. The van der Waals surface area contributed by atoms with Crippen LogP contribution in [0, 0.1) is 0 Å². The van der Waals surface area contributed by atoms with Crippen molar-refractivity contribution in [3.05, 3.63) is 11.6 Å². The number of rotatable bonds is 3. The highest BCUT2D eigenvalue weighted by Crippen LogP contribution is 2.14. The van der Waals surface area contributed by atoms with Crippen LogP contribution in [0.1, 0.15) is 36.7 Å². The molecule has 0 aromatic carbocycles. The van der Waals surface area contributed by atoms with Gasteiger partial charge in [-0.15, -0.1) is 5.10 Å². The predicted molar refractivity (Wildman–Crippen MR) is 69.5 cm³/mol. The fourth-order valence-electron chi connectivity index (χ4n) is 2.17. The molecular weight excluding hydrogens is 268 g/mol. The summed E-state index contributed by atoms with van der Waals surface area (Å²) in [5.74, 6) is 0.513. The third-order valence-corrected chi connectivity index (χ3v) is 4.94. The van der Waals surface area contributed by atoms with Crippen LogP contribution in [0.4, 0.5) is 0 Å². The first kappa shape index (κ1) is 14.0. The molecule has 1 unspecified atom stereocenters. The summed E-state index contributed by atoms with van der Waals surface area (Å²) < 4.78 is 23.0. The molecule has 1 fully saturated rings. The first-order chi connectivity index (χ1) is 8.93. The molecule has 1 amide bonds. The van der Waals surface area contributed by atoms with Crippen LogP contribution in [-0.4, -0.2) is 58.5 Å². The highest BCUT2D eigenvalue weighted by molar-refractivity contribution is 7.91. The normalized spacial score (nSPS) is 22.4. The van der Waals surface area contributed by atoms with Gasteiger partial charge in [0.15, 0.2) is 9.84 Å². The maximum absolute atomic E-state index is 12.2. The number of hydrogen-bond donors (Lipinski definition) is 1. The van der Waals surface area contributed by atoms with Gasteiger partial charge in [0.05, 0.1) is 11.5 Å². The van der Waals surface area contributed by atoms with Crippen LogP contribution in [0.25, 0.3) is 0 Å². The lowest BCUT2D eigenvalue weighted by molar-refractivity contribution is 0.0700. The number of H-pyrrole nitrogens is 1. The Labute approximate surface area is 112 Å². The van der Waals surface area contributed by atoms with E-state index in [1.807, 2.05) is 6.92 Å². The van der Waals surface area contributed by atoms with Crippen LogP contribution < -0.4 is 0 Å². The SMILES string of the molecule is CCCc1nc(C(=O)N2CCS(=O)(=O)CC2C)n[nH]1. The lowest BCUT2D eigenvalue weighted by Crippen LogP contribution is -2.50. The van der Waals surface area contributed by atoms with Crippen molar-refractivity contribution < 1.29 is 13.2 Å². The van der Waals surface area contributed by atoms with Crippen LogP contribution in [-0.2, 0) is 16.3 Å². The van der Waals surface area contributed by atoms with Gasteiger partial charge in [-0.1, -0.05) is 6.92 Å². The Kier molecular flexibility index (Phi) is 3.88. The van der Waals surface area contributed by atoms with Crippen LogP contribution in [0.3, 0.4) is 0 Å². The van der Waals surface area contributed by atoms with Gasteiger partial charge in [-0.3, -0.25) is 9.89 Å². The standard InChI is InChI=1S/C11H18N4O3S/c1-3-4-9-12-10(14-13-9)11(16)15-5-6-19(17,18)7-8(15)2/h8H,3-7H2,1-2H3,(H,12,13,14). The van der Waals surface area contributed by atoms with Crippen molar-refractivity contribution in [2.45, 2.75) is 32.7 Å². The predicted octanol–water partition coefficient (Wildman–Crippen LogP) is 0.0163. The number of aryl methyl sites for hydroxylation is 1. The molecule has 1 saturated heterocycles. The van der Waals surface area contributed by atoms with Crippen molar-refractivity contribution in [2.75, 3.05) is 18.1 Å². The van der Waals surface area contributed by atoms with Gasteiger partial charge in [0.25, 0.3) is 5.91 Å². The summed E-state index contributed by atoms with van der Waals surface area (Å²) in [7, 11) is -3.03. The first-order valence-corrected chi connectivity index (χ1v) is 8.17. The van der Waals surface area contributed by atoms with Crippen molar-refractivity contribution in [3.8, 4) is 0 Å². The molecular formula is C11H18N4O3S. The van der Waals surface area contributed by atoms with E-state index in [9.17, 15) is 13.2 Å². The van der Waals surface area contributed by atoms with E-state index in [-0.39, 0.29) is 35.8 Å². The average Bonchev–Trinajstić information content (AvgIpc) is 2.76. The maximum atomic E-state index is 12.2. The molecule has 8 heteroatoms. The highest BCUT2D eigenvalue weighted by Gasteiger charge is 2.33. The van der Waals surface area contributed by atoms with E-state index in [1.54, 1.807) is 6.92 Å². The zero-order valence-electron chi connectivity index (χ0n) is 11.1. The van der Waals surface area contributed by atoms with Crippen LogP contribution in [0.5, 0.6) is 0 Å². The topological polar surface area (TPSA) is 96.0 Å². The molecule has 0 radical (unpaired) electrons. The Morgan fingerprint density at radius 2 is 2.26 bits per heavy atom. The molecule has 0 saturated carbocycles. The minimum atomic E-state index is -3.03. The van der Waals surface area contributed by atoms with Crippen molar-refractivity contribution in [2.24, 2.45) is 0 Å². The van der Waals surface area contributed by atoms with Gasteiger partial charge >= 0.3 is 0 Å². The number of hydrogen-bond acceptors (Lipinski definition) is 5. The maximum Gasteiger partial charge on any atom is 0.293 e. The van der Waals surface area contributed by atoms with E-state index in [2.05, 4.69) is 15.2 Å². The average molecular weight is 286 g/mol. The zero-order chi connectivity index (χ0) is 14.0. The summed E-state index contributed by atoms with van der Waals surface area (Å²) in [6, 6.07) is -0.334. The lowest BCUT2D eigenvalue weighted by atomic mass is 10.3. The third kappa shape index (κ3) is 3.12. The van der Waals surface area contributed by atoms with Crippen molar-refractivity contribution in [3.63, 3.8) is 0 Å². The second kappa shape index (κ2) is 5.28. The van der Waals surface area contributed by atoms with E-state index < -0.39 is 9.84 Å². The fourth-order valence-corrected chi connectivity index (χ4v) is 3.72. The molecule has 2 heterocycles. The second-order valence-corrected chi connectivity index (χ2v) is 7.05. The highest BCUT2D eigenvalue weighted by atomic mass is 32.2. The monoisotopic (exact) mass is 286 g/mol. The first-order valence-electron chi connectivity index (χ1n) is 6.35.